The summed E-state index contributed by atoms with van der Waals surface area (Å²) in [5.74, 6) is 0.302. The smallest absolute Gasteiger partial charge is 0.165 e. The van der Waals surface area contributed by atoms with Gasteiger partial charge in [0.05, 0.1) is 0 Å². The number of hydrogen-bond acceptors (Lipinski definition) is 6. The molecule has 1 aliphatic rings. The second-order valence-corrected chi connectivity index (χ2v) is 5.98. The third-order valence-electron chi connectivity index (χ3n) is 4.19. The lowest BCUT2D eigenvalue weighted by Crippen LogP contribution is -2.38. The zero-order valence-electron chi connectivity index (χ0n) is 15.8. The Morgan fingerprint density at radius 1 is 1.26 bits per heavy atom. The first kappa shape index (κ1) is 20.3. The standard InChI is InChI=1S/C18H17FN4O2.C2H6/c1-12-2-5-17(15(19)10-12)25-14-6-8-23(9-7-14)18-16(22-24)4-3-13(11-20)21-18;1-2/h2-5,10,14H,6-9H2,1H3;1-2H3. The Labute approximate surface area is 158 Å². The van der Waals surface area contributed by atoms with Crippen LogP contribution in [0.2, 0.25) is 0 Å². The Bertz CT molecular complexity index is 827. The molecule has 1 aliphatic heterocycles. The van der Waals surface area contributed by atoms with Crippen LogP contribution in [0.1, 0.15) is 37.9 Å². The van der Waals surface area contributed by atoms with Gasteiger partial charge in [-0.15, -0.1) is 4.91 Å². The second kappa shape index (κ2) is 9.62. The van der Waals surface area contributed by atoms with Gasteiger partial charge in [0.15, 0.2) is 23.1 Å². The van der Waals surface area contributed by atoms with Crippen LogP contribution in [0, 0.1) is 29.0 Å². The molecule has 0 radical (unpaired) electrons. The van der Waals surface area contributed by atoms with E-state index in [4.69, 9.17) is 10.00 Å². The van der Waals surface area contributed by atoms with Crippen molar-refractivity contribution in [2.45, 2.75) is 39.7 Å². The summed E-state index contributed by atoms with van der Waals surface area (Å²) in [6.07, 6.45) is 1.20. The SMILES string of the molecule is CC.Cc1ccc(OC2CCN(c3nc(C#N)ccc3N=O)CC2)c(F)c1. The van der Waals surface area contributed by atoms with Crippen LogP contribution in [-0.2, 0) is 0 Å². The molecule has 1 aromatic heterocycles. The number of anilines is 1. The molecule has 2 heterocycles. The summed E-state index contributed by atoms with van der Waals surface area (Å²) in [5, 5.41) is 12.0. The Morgan fingerprint density at radius 2 is 1.96 bits per heavy atom. The first-order valence-electron chi connectivity index (χ1n) is 9.03. The fourth-order valence-corrected chi connectivity index (χ4v) is 2.87. The summed E-state index contributed by atoms with van der Waals surface area (Å²) in [7, 11) is 0. The van der Waals surface area contributed by atoms with Gasteiger partial charge < -0.3 is 9.64 Å². The van der Waals surface area contributed by atoms with E-state index in [9.17, 15) is 9.30 Å². The number of halogens is 1. The third kappa shape index (κ3) is 5.00. The summed E-state index contributed by atoms with van der Waals surface area (Å²) in [6.45, 7) is 7.00. The van der Waals surface area contributed by atoms with E-state index in [-0.39, 0.29) is 29.1 Å². The molecule has 0 aliphatic carbocycles. The summed E-state index contributed by atoms with van der Waals surface area (Å²) in [5.41, 5.74) is 1.29. The highest BCUT2D eigenvalue weighted by Gasteiger charge is 2.24. The lowest BCUT2D eigenvalue weighted by Gasteiger charge is -2.33. The first-order chi connectivity index (χ1) is 13.1. The first-order valence-corrected chi connectivity index (χ1v) is 9.03. The molecule has 142 valence electrons. The Kier molecular flexibility index (Phi) is 7.24. The van der Waals surface area contributed by atoms with Crippen molar-refractivity contribution in [3.05, 3.63) is 52.3 Å². The van der Waals surface area contributed by atoms with E-state index in [1.54, 1.807) is 6.07 Å². The number of ether oxygens (including phenoxy) is 1. The zero-order chi connectivity index (χ0) is 19.8. The topological polar surface area (TPSA) is 78.6 Å². The molecular formula is C20H23FN4O2. The fourth-order valence-electron chi connectivity index (χ4n) is 2.87. The van der Waals surface area contributed by atoms with Gasteiger partial charge in [0.1, 0.15) is 17.9 Å². The molecule has 7 heteroatoms. The molecule has 1 fully saturated rings. The van der Waals surface area contributed by atoms with Gasteiger partial charge in [-0.1, -0.05) is 19.9 Å². The van der Waals surface area contributed by atoms with Crippen LogP contribution in [0.3, 0.4) is 0 Å². The van der Waals surface area contributed by atoms with Gasteiger partial charge in [0.25, 0.3) is 0 Å². The van der Waals surface area contributed by atoms with Crippen LogP contribution in [0.5, 0.6) is 5.75 Å². The quantitative estimate of drug-likeness (QED) is 0.717. The van der Waals surface area contributed by atoms with Crippen LogP contribution < -0.4 is 9.64 Å². The number of pyridine rings is 1. The number of aryl methyl sites for hydroxylation is 1. The van der Waals surface area contributed by atoms with Gasteiger partial charge in [0, 0.05) is 25.9 Å². The lowest BCUT2D eigenvalue weighted by atomic mass is 10.1. The van der Waals surface area contributed by atoms with Crippen molar-refractivity contribution in [2.24, 2.45) is 5.18 Å². The number of aromatic nitrogens is 1. The average molecular weight is 370 g/mol. The van der Waals surface area contributed by atoms with Gasteiger partial charge in [-0.3, -0.25) is 0 Å². The fraction of sp³-hybridized carbons (Fsp3) is 0.400. The molecule has 2 aromatic rings. The number of hydrogen-bond donors (Lipinski definition) is 0. The van der Waals surface area contributed by atoms with E-state index in [1.807, 2.05) is 37.8 Å². The summed E-state index contributed by atoms with van der Waals surface area (Å²) in [4.78, 5) is 17.1. The highest BCUT2D eigenvalue weighted by Crippen LogP contribution is 2.30. The van der Waals surface area contributed by atoms with Gasteiger partial charge in [-0.05, 0) is 41.9 Å². The molecule has 0 unspecified atom stereocenters. The van der Waals surface area contributed by atoms with Crippen molar-refractivity contribution in [1.82, 2.24) is 4.98 Å². The van der Waals surface area contributed by atoms with Gasteiger partial charge in [-0.2, -0.15) is 5.26 Å². The maximum absolute atomic E-state index is 13.9. The molecule has 1 aromatic carbocycles. The second-order valence-electron chi connectivity index (χ2n) is 5.98. The van der Waals surface area contributed by atoms with E-state index < -0.39 is 0 Å². The van der Waals surface area contributed by atoms with Crippen molar-refractivity contribution in [3.63, 3.8) is 0 Å². The molecular weight excluding hydrogens is 347 g/mol. The number of rotatable bonds is 4. The van der Waals surface area contributed by atoms with Crippen molar-refractivity contribution in [1.29, 1.82) is 5.26 Å². The average Bonchev–Trinajstić information content (AvgIpc) is 2.71. The van der Waals surface area contributed by atoms with E-state index in [1.165, 1.54) is 18.2 Å². The predicted molar refractivity (Wildman–Crippen MR) is 103 cm³/mol. The summed E-state index contributed by atoms with van der Waals surface area (Å²) >= 11 is 0. The van der Waals surface area contributed by atoms with E-state index in [2.05, 4.69) is 10.2 Å². The molecule has 0 saturated carbocycles. The van der Waals surface area contributed by atoms with Gasteiger partial charge in [-0.25, -0.2) is 9.37 Å². The number of nitrogens with zero attached hydrogens (tertiary/aromatic N) is 4. The van der Waals surface area contributed by atoms with Crippen molar-refractivity contribution in [2.75, 3.05) is 18.0 Å². The highest BCUT2D eigenvalue weighted by molar-refractivity contribution is 5.63. The minimum absolute atomic E-state index is 0.111. The Balaban J connectivity index is 0.00000126. The summed E-state index contributed by atoms with van der Waals surface area (Å²) in [6, 6.07) is 9.83. The number of piperidine rings is 1. The molecule has 27 heavy (non-hydrogen) atoms. The summed E-state index contributed by atoms with van der Waals surface area (Å²) < 4.78 is 19.7. The van der Waals surface area contributed by atoms with E-state index in [0.29, 0.717) is 31.7 Å². The normalized spacial score (nSPS) is 14.0. The Hall–Kier alpha value is -3.01. The molecule has 1 saturated heterocycles. The number of benzene rings is 1. The van der Waals surface area contributed by atoms with Crippen molar-refractivity contribution >= 4 is 11.5 Å². The maximum atomic E-state index is 13.9. The number of nitriles is 1. The van der Waals surface area contributed by atoms with Gasteiger partial charge >= 0.3 is 0 Å². The largest absolute Gasteiger partial charge is 0.487 e. The number of nitroso groups, excluding NO2 is 1. The molecule has 3 rings (SSSR count). The predicted octanol–water partition coefficient (Wildman–Crippen LogP) is 4.87. The van der Waals surface area contributed by atoms with Crippen molar-refractivity contribution < 1.29 is 9.13 Å². The van der Waals surface area contributed by atoms with E-state index in [0.717, 1.165) is 5.56 Å². The van der Waals surface area contributed by atoms with Crippen LogP contribution in [-0.4, -0.2) is 24.2 Å². The molecule has 0 bridgehead atoms. The molecule has 0 spiro atoms. The molecule has 0 amide bonds. The maximum Gasteiger partial charge on any atom is 0.165 e. The van der Waals surface area contributed by atoms with Crippen LogP contribution in [0.15, 0.2) is 35.5 Å². The van der Waals surface area contributed by atoms with Crippen LogP contribution in [0.25, 0.3) is 0 Å². The monoisotopic (exact) mass is 370 g/mol. The van der Waals surface area contributed by atoms with Gasteiger partial charge in [0.2, 0.25) is 0 Å². The van der Waals surface area contributed by atoms with Crippen LogP contribution >= 0.6 is 0 Å². The zero-order valence-corrected chi connectivity index (χ0v) is 15.8. The molecule has 0 atom stereocenters. The highest BCUT2D eigenvalue weighted by atomic mass is 19.1. The minimum atomic E-state index is -0.363. The lowest BCUT2D eigenvalue weighted by molar-refractivity contribution is 0.163. The van der Waals surface area contributed by atoms with Crippen molar-refractivity contribution in [3.8, 4) is 11.8 Å². The van der Waals surface area contributed by atoms with Crippen LogP contribution in [0.4, 0.5) is 15.9 Å². The third-order valence-corrected chi connectivity index (χ3v) is 4.19. The van der Waals surface area contributed by atoms with E-state index >= 15 is 0 Å². The molecule has 0 N–H and O–H groups in total. The Morgan fingerprint density at radius 3 is 2.56 bits per heavy atom. The minimum Gasteiger partial charge on any atom is -0.487 e. The molecule has 6 nitrogen and oxygen atoms in total.